The molecule has 1 heterocycles. The summed E-state index contributed by atoms with van der Waals surface area (Å²) in [5.74, 6) is -1.11. The lowest BCUT2D eigenvalue weighted by molar-refractivity contribution is -0.149. The van der Waals surface area contributed by atoms with E-state index in [9.17, 15) is 9.59 Å². The molecule has 1 aliphatic rings. The standard InChI is InChI=1S/C15H14O3/c1-9(2)12-13(15(17)18-14(12)16)10(3)11-7-5-4-6-8-11/h4-8H,1-3H3/b13-10+. The van der Waals surface area contributed by atoms with Crippen LogP contribution in [-0.4, -0.2) is 11.9 Å². The van der Waals surface area contributed by atoms with Crippen LogP contribution in [0.25, 0.3) is 5.57 Å². The maximum absolute atomic E-state index is 11.8. The second-order valence-corrected chi connectivity index (χ2v) is 4.42. The van der Waals surface area contributed by atoms with Crippen molar-refractivity contribution in [2.75, 3.05) is 0 Å². The van der Waals surface area contributed by atoms with E-state index in [1.807, 2.05) is 37.3 Å². The van der Waals surface area contributed by atoms with E-state index in [1.54, 1.807) is 13.8 Å². The first-order chi connectivity index (χ1) is 8.52. The molecular weight excluding hydrogens is 228 g/mol. The predicted molar refractivity (Wildman–Crippen MR) is 68.5 cm³/mol. The number of ether oxygens (including phenoxy) is 1. The number of cyclic esters (lactones) is 2. The molecule has 0 aliphatic carbocycles. The summed E-state index contributed by atoms with van der Waals surface area (Å²) >= 11 is 0. The Balaban J connectivity index is 2.65. The first-order valence-electron chi connectivity index (χ1n) is 5.73. The van der Waals surface area contributed by atoms with Gasteiger partial charge in [0.05, 0.1) is 11.1 Å². The summed E-state index contributed by atoms with van der Waals surface area (Å²) in [6.45, 7) is 5.42. The summed E-state index contributed by atoms with van der Waals surface area (Å²) in [5.41, 5.74) is 3.24. The van der Waals surface area contributed by atoms with Crippen LogP contribution in [0, 0.1) is 0 Å². The van der Waals surface area contributed by atoms with Gasteiger partial charge in [0.25, 0.3) is 0 Å². The fourth-order valence-electron chi connectivity index (χ4n) is 2.02. The van der Waals surface area contributed by atoms with Crippen molar-refractivity contribution in [3.63, 3.8) is 0 Å². The fourth-order valence-corrected chi connectivity index (χ4v) is 2.02. The molecule has 3 heteroatoms. The molecule has 1 aromatic carbocycles. The van der Waals surface area contributed by atoms with Gasteiger partial charge in [-0.2, -0.15) is 0 Å². The molecule has 18 heavy (non-hydrogen) atoms. The average molecular weight is 242 g/mol. The second kappa shape index (κ2) is 4.61. The molecule has 1 saturated heterocycles. The quantitative estimate of drug-likeness (QED) is 0.432. The molecule has 2 rings (SSSR count). The van der Waals surface area contributed by atoms with Gasteiger partial charge >= 0.3 is 11.9 Å². The zero-order chi connectivity index (χ0) is 13.3. The van der Waals surface area contributed by atoms with Crippen molar-refractivity contribution in [3.05, 3.63) is 52.6 Å². The molecule has 92 valence electrons. The Bertz CT molecular complexity index is 573. The minimum atomic E-state index is -0.558. The summed E-state index contributed by atoms with van der Waals surface area (Å²) in [6.07, 6.45) is 0. The summed E-state index contributed by atoms with van der Waals surface area (Å²) in [5, 5.41) is 0. The third-order valence-electron chi connectivity index (χ3n) is 2.93. The second-order valence-electron chi connectivity index (χ2n) is 4.42. The highest BCUT2D eigenvalue weighted by Gasteiger charge is 2.35. The molecule has 1 fully saturated rings. The van der Waals surface area contributed by atoms with Crippen molar-refractivity contribution in [1.82, 2.24) is 0 Å². The van der Waals surface area contributed by atoms with E-state index >= 15 is 0 Å². The number of hydrogen-bond donors (Lipinski definition) is 0. The Morgan fingerprint density at radius 2 is 1.44 bits per heavy atom. The van der Waals surface area contributed by atoms with E-state index in [1.165, 1.54) is 0 Å². The summed E-state index contributed by atoms with van der Waals surface area (Å²) in [4.78, 5) is 23.4. The zero-order valence-electron chi connectivity index (χ0n) is 10.6. The average Bonchev–Trinajstić information content (AvgIpc) is 2.64. The molecule has 0 amide bonds. The number of carbonyl (C=O) groups is 2. The van der Waals surface area contributed by atoms with E-state index < -0.39 is 11.9 Å². The topological polar surface area (TPSA) is 43.4 Å². The molecule has 3 nitrogen and oxygen atoms in total. The first-order valence-corrected chi connectivity index (χ1v) is 5.73. The molecule has 0 spiro atoms. The largest absolute Gasteiger partial charge is 0.386 e. The van der Waals surface area contributed by atoms with Crippen molar-refractivity contribution >= 4 is 17.5 Å². The van der Waals surface area contributed by atoms with E-state index in [4.69, 9.17) is 4.74 Å². The predicted octanol–water partition coefficient (Wildman–Crippen LogP) is 2.88. The van der Waals surface area contributed by atoms with Gasteiger partial charge in [0.15, 0.2) is 0 Å². The molecular formula is C15H14O3. The van der Waals surface area contributed by atoms with Gasteiger partial charge in [0.2, 0.25) is 0 Å². The SMILES string of the molecule is CC(C)=C1C(=O)OC(=O)/C1=C(\C)c1ccccc1. The Morgan fingerprint density at radius 3 is 2.00 bits per heavy atom. The number of carbonyl (C=O) groups excluding carboxylic acids is 2. The van der Waals surface area contributed by atoms with Gasteiger partial charge in [0, 0.05) is 0 Å². The highest BCUT2D eigenvalue weighted by Crippen LogP contribution is 2.31. The summed E-state index contributed by atoms with van der Waals surface area (Å²) < 4.78 is 4.70. The lowest BCUT2D eigenvalue weighted by Gasteiger charge is -2.05. The van der Waals surface area contributed by atoms with Crippen LogP contribution in [0.2, 0.25) is 0 Å². The molecule has 0 aromatic heterocycles. The van der Waals surface area contributed by atoms with Gasteiger partial charge in [-0.05, 0) is 31.9 Å². The van der Waals surface area contributed by atoms with Crippen LogP contribution in [0.15, 0.2) is 47.1 Å². The number of hydrogen-bond acceptors (Lipinski definition) is 3. The van der Waals surface area contributed by atoms with Gasteiger partial charge < -0.3 is 4.74 Å². The highest BCUT2D eigenvalue weighted by molar-refractivity contribution is 6.22. The Morgan fingerprint density at radius 1 is 0.889 bits per heavy atom. The van der Waals surface area contributed by atoms with Crippen molar-refractivity contribution in [3.8, 4) is 0 Å². The minimum Gasteiger partial charge on any atom is -0.386 e. The van der Waals surface area contributed by atoms with E-state index in [0.29, 0.717) is 11.1 Å². The Labute approximate surface area is 106 Å². The Kier molecular flexibility index (Phi) is 3.15. The molecule has 0 radical (unpaired) electrons. The minimum absolute atomic E-state index is 0.381. The van der Waals surface area contributed by atoms with Crippen LogP contribution in [0.3, 0.4) is 0 Å². The maximum Gasteiger partial charge on any atom is 0.347 e. The Hall–Kier alpha value is -2.16. The summed E-state index contributed by atoms with van der Waals surface area (Å²) in [6, 6.07) is 9.50. The number of esters is 2. The van der Waals surface area contributed by atoms with Gasteiger partial charge in [-0.3, -0.25) is 0 Å². The van der Waals surface area contributed by atoms with Gasteiger partial charge in [-0.25, -0.2) is 9.59 Å². The lowest BCUT2D eigenvalue weighted by atomic mass is 9.95. The number of rotatable bonds is 1. The van der Waals surface area contributed by atoms with Gasteiger partial charge in [0.1, 0.15) is 0 Å². The van der Waals surface area contributed by atoms with Crippen molar-refractivity contribution < 1.29 is 14.3 Å². The molecule has 1 aromatic rings. The smallest absolute Gasteiger partial charge is 0.347 e. The molecule has 0 N–H and O–H groups in total. The summed E-state index contributed by atoms with van der Waals surface area (Å²) in [7, 11) is 0. The maximum atomic E-state index is 11.8. The third-order valence-corrected chi connectivity index (χ3v) is 2.93. The van der Waals surface area contributed by atoms with Crippen LogP contribution in [0.4, 0.5) is 0 Å². The van der Waals surface area contributed by atoms with Crippen LogP contribution in [-0.2, 0) is 14.3 Å². The van der Waals surface area contributed by atoms with Crippen LogP contribution in [0.5, 0.6) is 0 Å². The van der Waals surface area contributed by atoms with Crippen LogP contribution < -0.4 is 0 Å². The third kappa shape index (κ3) is 1.99. The van der Waals surface area contributed by atoms with Crippen molar-refractivity contribution in [1.29, 1.82) is 0 Å². The highest BCUT2D eigenvalue weighted by atomic mass is 16.6. The zero-order valence-corrected chi connectivity index (χ0v) is 10.6. The van der Waals surface area contributed by atoms with Crippen molar-refractivity contribution in [2.24, 2.45) is 0 Å². The van der Waals surface area contributed by atoms with E-state index in [-0.39, 0.29) is 0 Å². The molecule has 0 atom stereocenters. The molecule has 0 unspecified atom stereocenters. The molecule has 0 saturated carbocycles. The van der Waals surface area contributed by atoms with E-state index in [0.717, 1.165) is 16.7 Å². The fraction of sp³-hybridized carbons (Fsp3) is 0.200. The van der Waals surface area contributed by atoms with E-state index in [2.05, 4.69) is 0 Å². The van der Waals surface area contributed by atoms with Gasteiger partial charge in [-0.1, -0.05) is 35.9 Å². The normalized spacial score (nSPS) is 17.8. The number of allylic oxidation sites excluding steroid dienone is 2. The van der Waals surface area contributed by atoms with Crippen molar-refractivity contribution in [2.45, 2.75) is 20.8 Å². The lowest BCUT2D eigenvalue weighted by Crippen LogP contribution is -1.99. The van der Waals surface area contributed by atoms with Gasteiger partial charge in [-0.15, -0.1) is 0 Å². The van der Waals surface area contributed by atoms with Crippen LogP contribution >= 0.6 is 0 Å². The van der Waals surface area contributed by atoms with Crippen LogP contribution in [0.1, 0.15) is 26.3 Å². The molecule has 0 bridgehead atoms. The number of benzene rings is 1. The molecule has 1 aliphatic heterocycles. The monoisotopic (exact) mass is 242 g/mol. The first kappa shape index (κ1) is 12.3.